The number of hydrogen-bond acceptors (Lipinski definition) is 7. The summed E-state index contributed by atoms with van der Waals surface area (Å²) in [4.78, 5) is 28.6. The lowest BCUT2D eigenvalue weighted by Gasteiger charge is -2.32. The van der Waals surface area contributed by atoms with Crippen molar-refractivity contribution >= 4 is 27.5 Å². The normalized spacial score (nSPS) is 12.5. The third-order valence-electron chi connectivity index (χ3n) is 7.20. The molecule has 43 heavy (non-hydrogen) atoms. The van der Waals surface area contributed by atoms with Crippen molar-refractivity contribution < 1.29 is 32.2 Å². The topological polar surface area (TPSA) is 114 Å². The number of methoxy groups -OCH3 is 3. The summed E-state index contributed by atoms with van der Waals surface area (Å²) in [6.45, 7) is 6.86. The highest BCUT2D eigenvalue weighted by molar-refractivity contribution is 7.92. The van der Waals surface area contributed by atoms with Crippen molar-refractivity contribution in [3.63, 3.8) is 0 Å². The first-order valence-electron chi connectivity index (χ1n) is 14.0. The molecule has 0 heterocycles. The molecule has 3 rings (SSSR count). The minimum atomic E-state index is -4.28. The lowest BCUT2D eigenvalue weighted by Crippen LogP contribution is -2.52. The number of hydrogen-bond donors (Lipinski definition) is 1. The minimum absolute atomic E-state index is 0.0588. The van der Waals surface area contributed by atoms with Crippen LogP contribution in [0.5, 0.6) is 17.2 Å². The van der Waals surface area contributed by atoms with Gasteiger partial charge in [-0.05, 0) is 69.2 Å². The Hall–Kier alpha value is -4.25. The van der Waals surface area contributed by atoms with E-state index in [0.717, 1.165) is 15.4 Å². The molecular formula is C32H41N3O7S. The monoisotopic (exact) mass is 611 g/mol. The molecule has 0 fully saturated rings. The Morgan fingerprint density at radius 3 is 2.16 bits per heavy atom. The Kier molecular flexibility index (Phi) is 11.4. The molecule has 11 heteroatoms. The summed E-state index contributed by atoms with van der Waals surface area (Å²) in [5.41, 5.74) is 1.95. The zero-order valence-corrected chi connectivity index (χ0v) is 26.6. The molecule has 2 amide bonds. The fourth-order valence-corrected chi connectivity index (χ4v) is 5.79. The van der Waals surface area contributed by atoms with Crippen molar-refractivity contribution in [1.29, 1.82) is 0 Å². The van der Waals surface area contributed by atoms with E-state index in [1.54, 1.807) is 56.5 Å². The van der Waals surface area contributed by atoms with E-state index in [4.69, 9.17) is 14.2 Å². The third-order valence-corrected chi connectivity index (χ3v) is 8.97. The summed E-state index contributed by atoms with van der Waals surface area (Å²) in [6.07, 6.45) is 0.715. The van der Waals surface area contributed by atoms with Crippen LogP contribution in [0.1, 0.15) is 38.3 Å². The summed E-state index contributed by atoms with van der Waals surface area (Å²) in [5, 5.41) is 2.93. The van der Waals surface area contributed by atoms with Crippen molar-refractivity contribution in [1.82, 2.24) is 10.2 Å². The van der Waals surface area contributed by atoms with Gasteiger partial charge in [-0.2, -0.15) is 0 Å². The number of nitrogens with one attached hydrogen (secondary N) is 1. The lowest BCUT2D eigenvalue weighted by atomic mass is 10.1. The van der Waals surface area contributed by atoms with E-state index in [0.29, 0.717) is 23.6 Å². The smallest absolute Gasteiger partial charge is 0.264 e. The van der Waals surface area contributed by atoms with Gasteiger partial charge < -0.3 is 24.4 Å². The van der Waals surface area contributed by atoms with Gasteiger partial charge in [-0.25, -0.2) is 8.42 Å². The summed E-state index contributed by atoms with van der Waals surface area (Å²) in [7, 11) is 0.140. The van der Waals surface area contributed by atoms with Crippen LogP contribution in [-0.2, 0) is 26.2 Å². The molecule has 232 valence electrons. The highest BCUT2D eigenvalue weighted by Gasteiger charge is 2.33. The number of ether oxygens (including phenoxy) is 3. The van der Waals surface area contributed by atoms with E-state index >= 15 is 0 Å². The van der Waals surface area contributed by atoms with E-state index in [1.807, 2.05) is 26.8 Å². The fraction of sp³-hybridized carbons (Fsp3) is 0.375. The van der Waals surface area contributed by atoms with Gasteiger partial charge in [-0.1, -0.05) is 36.8 Å². The molecule has 1 N–H and O–H groups in total. The number of anilines is 1. The predicted octanol–water partition coefficient (Wildman–Crippen LogP) is 4.55. The van der Waals surface area contributed by atoms with Gasteiger partial charge in [-0.3, -0.25) is 13.9 Å². The van der Waals surface area contributed by atoms with Crippen LogP contribution in [0, 0.1) is 6.92 Å². The molecule has 0 spiro atoms. The number of nitrogens with zero attached hydrogens (tertiary/aromatic N) is 2. The Bertz CT molecular complexity index is 1510. The van der Waals surface area contributed by atoms with E-state index in [-0.39, 0.29) is 29.1 Å². The SMILES string of the molecule is CC[C@H](C)NC(=O)[C@H](C)N(Cc1cccc(OC)c1)C(=O)CN(c1ccc(C)cc1)S(=O)(=O)c1ccc(OC)c(OC)c1. The van der Waals surface area contributed by atoms with Crippen LogP contribution in [0.4, 0.5) is 5.69 Å². The van der Waals surface area contributed by atoms with Crippen LogP contribution in [-0.4, -0.2) is 65.1 Å². The fourth-order valence-electron chi connectivity index (χ4n) is 4.36. The zero-order chi connectivity index (χ0) is 31.7. The Morgan fingerprint density at radius 1 is 0.884 bits per heavy atom. The maximum atomic E-state index is 14.1. The summed E-state index contributed by atoms with van der Waals surface area (Å²) in [6, 6.07) is 17.3. The maximum absolute atomic E-state index is 14.1. The van der Waals surface area contributed by atoms with Gasteiger partial charge in [-0.15, -0.1) is 0 Å². The van der Waals surface area contributed by atoms with Gasteiger partial charge in [0.1, 0.15) is 18.3 Å². The minimum Gasteiger partial charge on any atom is -0.497 e. The third kappa shape index (κ3) is 8.19. The van der Waals surface area contributed by atoms with Crippen LogP contribution >= 0.6 is 0 Å². The summed E-state index contributed by atoms with van der Waals surface area (Å²) < 4.78 is 45.3. The quantitative estimate of drug-likeness (QED) is 0.285. The van der Waals surface area contributed by atoms with Gasteiger partial charge in [0, 0.05) is 18.7 Å². The highest BCUT2D eigenvalue weighted by Crippen LogP contribution is 2.32. The molecule has 10 nitrogen and oxygen atoms in total. The standard InChI is InChI=1S/C32H41N3O7S/c1-8-23(3)33-32(37)24(4)34(20-25-10-9-11-27(18-25)40-5)31(36)21-35(26-14-12-22(2)13-15-26)43(38,39)28-16-17-29(41-6)30(19-28)42-7/h9-19,23-24H,8,20-21H2,1-7H3,(H,33,37)/t23-,24-/m0/s1. The number of benzene rings is 3. The molecule has 3 aromatic carbocycles. The van der Waals surface area contributed by atoms with Gasteiger partial charge >= 0.3 is 0 Å². The molecule has 0 aliphatic carbocycles. The number of sulfonamides is 1. The molecule has 3 aromatic rings. The van der Waals surface area contributed by atoms with E-state index in [2.05, 4.69) is 5.32 Å². The van der Waals surface area contributed by atoms with Crippen molar-refractivity contribution in [2.75, 3.05) is 32.2 Å². The maximum Gasteiger partial charge on any atom is 0.264 e. The largest absolute Gasteiger partial charge is 0.497 e. The van der Waals surface area contributed by atoms with Crippen molar-refractivity contribution in [2.45, 2.75) is 57.6 Å². The molecule has 0 saturated carbocycles. The van der Waals surface area contributed by atoms with Crippen molar-refractivity contribution in [3.8, 4) is 17.2 Å². The average Bonchev–Trinajstić information content (AvgIpc) is 3.01. The molecular weight excluding hydrogens is 570 g/mol. The highest BCUT2D eigenvalue weighted by atomic mass is 32.2. The van der Waals surface area contributed by atoms with Crippen molar-refractivity contribution in [3.05, 3.63) is 77.9 Å². The number of aryl methyl sites for hydroxylation is 1. The average molecular weight is 612 g/mol. The molecule has 0 aliphatic heterocycles. The summed E-state index contributed by atoms with van der Waals surface area (Å²) in [5.74, 6) is 0.298. The number of rotatable bonds is 14. The second-order valence-corrected chi connectivity index (χ2v) is 12.1. The Labute approximate surface area is 254 Å². The van der Waals surface area contributed by atoms with Crippen LogP contribution in [0.25, 0.3) is 0 Å². The van der Waals surface area contributed by atoms with Crippen LogP contribution in [0.15, 0.2) is 71.6 Å². The molecule has 0 aromatic heterocycles. The molecule has 0 aliphatic rings. The first-order chi connectivity index (χ1) is 20.4. The summed E-state index contributed by atoms with van der Waals surface area (Å²) >= 11 is 0. The second-order valence-electron chi connectivity index (χ2n) is 10.2. The molecule has 2 atom stereocenters. The lowest BCUT2D eigenvalue weighted by molar-refractivity contribution is -0.139. The second kappa shape index (κ2) is 14.8. The van der Waals surface area contributed by atoms with E-state index < -0.39 is 28.5 Å². The number of carbonyl (C=O) groups is 2. The van der Waals surface area contributed by atoms with Gasteiger partial charge in [0.05, 0.1) is 31.9 Å². The Morgan fingerprint density at radius 2 is 1.56 bits per heavy atom. The molecule has 0 bridgehead atoms. The van der Waals surface area contributed by atoms with Gasteiger partial charge in [0.2, 0.25) is 11.8 Å². The predicted molar refractivity (Wildman–Crippen MR) is 166 cm³/mol. The van der Waals surface area contributed by atoms with Crippen molar-refractivity contribution in [2.24, 2.45) is 0 Å². The first-order valence-corrected chi connectivity index (χ1v) is 15.4. The molecule has 0 unspecified atom stereocenters. The van der Waals surface area contributed by atoms with Gasteiger partial charge in [0.15, 0.2) is 11.5 Å². The van der Waals surface area contributed by atoms with Crippen LogP contribution < -0.4 is 23.8 Å². The Balaban J connectivity index is 2.07. The van der Waals surface area contributed by atoms with E-state index in [9.17, 15) is 18.0 Å². The van der Waals surface area contributed by atoms with Gasteiger partial charge in [0.25, 0.3) is 10.0 Å². The number of amides is 2. The first kappa shape index (κ1) is 33.3. The van der Waals surface area contributed by atoms with E-state index in [1.165, 1.54) is 37.3 Å². The molecule has 0 saturated heterocycles. The molecule has 0 radical (unpaired) electrons. The zero-order valence-electron chi connectivity index (χ0n) is 25.8. The van der Waals surface area contributed by atoms with Crippen LogP contribution in [0.3, 0.4) is 0 Å². The van der Waals surface area contributed by atoms with Crippen LogP contribution in [0.2, 0.25) is 0 Å². The number of carbonyl (C=O) groups excluding carboxylic acids is 2.